The number of rotatable bonds is 5. The van der Waals surface area contributed by atoms with Gasteiger partial charge in [0.15, 0.2) is 0 Å². The Morgan fingerprint density at radius 1 is 1.37 bits per heavy atom. The first kappa shape index (κ1) is 19.1. The zero-order chi connectivity index (χ0) is 19.6. The third-order valence-electron chi connectivity index (χ3n) is 5.26. The van der Waals surface area contributed by atoms with Crippen LogP contribution in [0.3, 0.4) is 0 Å². The normalized spacial score (nSPS) is 16.7. The molecule has 2 heterocycles. The number of fused-ring (bicyclic) bond motifs is 1. The zero-order valence-corrected chi connectivity index (χ0v) is 16.2. The third kappa shape index (κ3) is 4.02. The zero-order valence-electron chi connectivity index (χ0n) is 16.2. The lowest BCUT2D eigenvalue weighted by molar-refractivity contribution is -0.127. The van der Waals surface area contributed by atoms with Gasteiger partial charge in [-0.2, -0.15) is 0 Å². The molecule has 1 aliphatic carbocycles. The topological polar surface area (TPSA) is 78.4 Å². The third-order valence-corrected chi connectivity index (χ3v) is 5.26. The van der Waals surface area contributed by atoms with Crippen molar-refractivity contribution in [2.24, 2.45) is 0 Å². The summed E-state index contributed by atoms with van der Waals surface area (Å²) in [6, 6.07) is 0.356. The molecule has 1 N–H and O–H groups in total. The van der Waals surface area contributed by atoms with Gasteiger partial charge in [0.2, 0.25) is 5.91 Å². The van der Waals surface area contributed by atoms with Gasteiger partial charge >= 0.3 is 0 Å². The number of hydrogen-bond acceptors (Lipinski definition) is 5. The molecule has 7 heteroatoms. The van der Waals surface area contributed by atoms with Crippen LogP contribution in [-0.4, -0.2) is 63.8 Å². The van der Waals surface area contributed by atoms with Crippen molar-refractivity contribution in [1.82, 2.24) is 19.8 Å². The Morgan fingerprint density at radius 2 is 2.07 bits per heavy atom. The first-order chi connectivity index (χ1) is 12.9. The minimum Gasteiger partial charge on any atom is -0.366 e. The Labute approximate surface area is 160 Å². The van der Waals surface area contributed by atoms with Gasteiger partial charge < -0.3 is 15.1 Å². The van der Waals surface area contributed by atoms with Gasteiger partial charge in [0.1, 0.15) is 5.82 Å². The predicted octanol–water partition coefficient (Wildman–Crippen LogP) is 1.87. The maximum absolute atomic E-state index is 12.7. The monoisotopic (exact) mass is 369 g/mol. The summed E-state index contributed by atoms with van der Waals surface area (Å²) in [5.41, 5.74) is 2.15. The summed E-state index contributed by atoms with van der Waals surface area (Å²) < 4.78 is 0. The molecule has 1 fully saturated rings. The van der Waals surface area contributed by atoms with Crippen molar-refractivity contribution >= 4 is 23.2 Å². The standard InChI is InChI=1S/C20H27N5O2/c1-5-18(26)25-10-8-14(9-11-25)22-17-12-21-16-7-6-15(19(16)23-17)20(27)24(4)13(2)3/h5-6,12-14H,1,7-11H2,2-4H3,(H,22,23). The van der Waals surface area contributed by atoms with Crippen LogP contribution in [0.15, 0.2) is 24.9 Å². The molecule has 1 aromatic heterocycles. The number of nitrogens with zero attached hydrogens (tertiary/aromatic N) is 4. The highest BCUT2D eigenvalue weighted by atomic mass is 16.2. The molecule has 144 valence electrons. The minimum atomic E-state index is -0.0218. The van der Waals surface area contributed by atoms with Crippen LogP contribution in [0.4, 0.5) is 5.82 Å². The average molecular weight is 369 g/mol. The van der Waals surface area contributed by atoms with E-state index in [1.807, 2.05) is 19.9 Å². The summed E-state index contributed by atoms with van der Waals surface area (Å²) in [4.78, 5) is 37.1. The van der Waals surface area contributed by atoms with Crippen molar-refractivity contribution < 1.29 is 9.59 Å². The quantitative estimate of drug-likeness (QED) is 0.802. The van der Waals surface area contributed by atoms with E-state index in [9.17, 15) is 9.59 Å². The van der Waals surface area contributed by atoms with Crippen molar-refractivity contribution in [2.75, 3.05) is 25.5 Å². The summed E-state index contributed by atoms with van der Waals surface area (Å²) >= 11 is 0. The van der Waals surface area contributed by atoms with Crippen LogP contribution in [-0.2, 0) is 16.0 Å². The van der Waals surface area contributed by atoms with Crippen LogP contribution in [0.25, 0.3) is 5.57 Å². The molecule has 0 radical (unpaired) electrons. The molecule has 3 rings (SSSR count). The highest BCUT2D eigenvalue weighted by Crippen LogP contribution is 2.27. The minimum absolute atomic E-state index is 0.0201. The van der Waals surface area contributed by atoms with Gasteiger partial charge in [0, 0.05) is 38.6 Å². The van der Waals surface area contributed by atoms with Gasteiger partial charge in [0.25, 0.3) is 5.91 Å². The SMILES string of the molecule is C=CC(=O)N1CCC(Nc2cnc3c(n2)C(C(=O)N(C)C(C)C)=CC3)CC1. The molecule has 0 unspecified atom stereocenters. The molecule has 0 bridgehead atoms. The van der Waals surface area contributed by atoms with E-state index in [1.54, 1.807) is 23.0 Å². The summed E-state index contributed by atoms with van der Waals surface area (Å²) in [5, 5.41) is 3.41. The van der Waals surface area contributed by atoms with Crippen LogP contribution in [0, 0.1) is 0 Å². The largest absolute Gasteiger partial charge is 0.366 e. The number of aromatic nitrogens is 2. The number of allylic oxidation sites excluding steroid dienone is 1. The number of amides is 2. The highest BCUT2D eigenvalue weighted by Gasteiger charge is 2.27. The number of carbonyl (C=O) groups is 2. The summed E-state index contributed by atoms with van der Waals surface area (Å²) in [7, 11) is 1.81. The van der Waals surface area contributed by atoms with Crippen LogP contribution >= 0.6 is 0 Å². The Balaban J connectivity index is 1.68. The Morgan fingerprint density at radius 3 is 2.70 bits per heavy atom. The maximum Gasteiger partial charge on any atom is 0.255 e. The van der Waals surface area contributed by atoms with Gasteiger partial charge in [-0.05, 0) is 32.8 Å². The lowest BCUT2D eigenvalue weighted by atomic mass is 10.0. The molecule has 0 saturated carbocycles. The van der Waals surface area contributed by atoms with E-state index in [1.165, 1.54) is 6.08 Å². The highest BCUT2D eigenvalue weighted by molar-refractivity contribution is 6.20. The fourth-order valence-electron chi connectivity index (χ4n) is 3.34. The lowest BCUT2D eigenvalue weighted by Gasteiger charge is -2.32. The van der Waals surface area contributed by atoms with Crippen molar-refractivity contribution in [2.45, 2.75) is 45.2 Å². The molecule has 1 saturated heterocycles. The van der Waals surface area contributed by atoms with E-state index < -0.39 is 0 Å². The molecular formula is C20H27N5O2. The average Bonchev–Trinajstić information content (AvgIpc) is 3.10. The smallest absolute Gasteiger partial charge is 0.255 e. The first-order valence-corrected chi connectivity index (χ1v) is 9.42. The van der Waals surface area contributed by atoms with Crippen LogP contribution in [0.2, 0.25) is 0 Å². The number of likely N-dealkylation sites (tertiary alicyclic amines) is 1. The van der Waals surface area contributed by atoms with Crippen LogP contribution < -0.4 is 5.32 Å². The van der Waals surface area contributed by atoms with Crippen molar-refractivity contribution in [3.63, 3.8) is 0 Å². The first-order valence-electron chi connectivity index (χ1n) is 9.42. The van der Waals surface area contributed by atoms with Gasteiger partial charge in [-0.25, -0.2) is 4.98 Å². The van der Waals surface area contributed by atoms with Crippen molar-refractivity contribution in [3.05, 3.63) is 36.3 Å². The molecule has 0 atom stereocenters. The van der Waals surface area contributed by atoms with Gasteiger partial charge in [-0.15, -0.1) is 0 Å². The summed E-state index contributed by atoms with van der Waals surface area (Å²) in [6.45, 7) is 8.91. The van der Waals surface area contributed by atoms with Crippen molar-refractivity contribution in [3.8, 4) is 0 Å². The van der Waals surface area contributed by atoms with Gasteiger partial charge in [-0.3, -0.25) is 14.6 Å². The second kappa shape index (κ2) is 7.90. The second-order valence-corrected chi connectivity index (χ2v) is 7.33. The lowest BCUT2D eigenvalue weighted by Crippen LogP contribution is -2.41. The Hall–Kier alpha value is -2.70. The fourth-order valence-corrected chi connectivity index (χ4v) is 3.34. The number of carbonyl (C=O) groups excluding carboxylic acids is 2. The van der Waals surface area contributed by atoms with Gasteiger partial charge in [-0.1, -0.05) is 12.7 Å². The molecule has 2 aliphatic rings. The van der Waals surface area contributed by atoms with Gasteiger partial charge in [0.05, 0.1) is 23.2 Å². The molecule has 27 heavy (non-hydrogen) atoms. The molecule has 0 spiro atoms. The Bertz CT molecular complexity index is 779. The predicted molar refractivity (Wildman–Crippen MR) is 105 cm³/mol. The van der Waals surface area contributed by atoms with E-state index in [-0.39, 0.29) is 23.9 Å². The van der Waals surface area contributed by atoms with Crippen LogP contribution in [0.5, 0.6) is 0 Å². The number of likely N-dealkylation sites (N-methyl/N-ethyl adjacent to an activating group) is 1. The Kier molecular flexibility index (Phi) is 5.58. The van der Waals surface area contributed by atoms with E-state index >= 15 is 0 Å². The molecule has 1 aromatic rings. The molecular weight excluding hydrogens is 342 g/mol. The number of piperidine rings is 1. The van der Waals surface area contributed by atoms with E-state index in [2.05, 4.69) is 21.9 Å². The second-order valence-electron chi connectivity index (χ2n) is 7.33. The van der Waals surface area contributed by atoms with Crippen molar-refractivity contribution in [1.29, 1.82) is 0 Å². The maximum atomic E-state index is 12.7. The van der Waals surface area contributed by atoms with Crippen LogP contribution in [0.1, 0.15) is 38.1 Å². The fraction of sp³-hybridized carbons (Fsp3) is 0.500. The van der Waals surface area contributed by atoms with E-state index in [0.29, 0.717) is 36.6 Å². The number of nitrogens with one attached hydrogen (secondary N) is 1. The van der Waals surface area contributed by atoms with E-state index in [0.717, 1.165) is 18.5 Å². The number of hydrogen-bond donors (Lipinski definition) is 1. The molecule has 7 nitrogen and oxygen atoms in total. The molecule has 1 aliphatic heterocycles. The van der Waals surface area contributed by atoms with E-state index in [4.69, 9.17) is 0 Å². The molecule has 2 amide bonds. The molecule has 0 aromatic carbocycles. The summed E-state index contributed by atoms with van der Waals surface area (Å²) in [5.74, 6) is 0.634. The number of anilines is 1. The summed E-state index contributed by atoms with van der Waals surface area (Å²) in [6.07, 6.45) is 7.32.